The van der Waals surface area contributed by atoms with Gasteiger partial charge in [-0.1, -0.05) is 12.1 Å². The third-order valence-electron chi connectivity index (χ3n) is 7.35. The molecule has 2 aromatic heterocycles. The van der Waals surface area contributed by atoms with E-state index in [-0.39, 0.29) is 5.97 Å². The van der Waals surface area contributed by atoms with Crippen molar-refractivity contribution in [2.75, 3.05) is 63.3 Å². The minimum absolute atomic E-state index is 0.365. The number of methoxy groups -OCH3 is 1. The van der Waals surface area contributed by atoms with Crippen molar-refractivity contribution in [3.8, 4) is 11.3 Å². The van der Waals surface area contributed by atoms with Gasteiger partial charge < -0.3 is 24.6 Å². The van der Waals surface area contributed by atoms with E-state index in [4.69, 9.17) is 19.4 Å². The highest BCUT2D eigenvalue weighted by Gasteiger charge is 2.18. The van der Waals surface area contributed by atoms with Gasteiger partial charge in [0.1, 0.15) is 5.82 Å². The van der Waals surface area contributed by atoms with E-state index in [2.05, 4.69) is 43.1 Å². The summed E-state index contributed by atoms with van der Waals surface area (Å²) in [7, 11) is 1.38. The molecule has 39 heavy (non-hydrogen) atoms. The van der Waals surface area contributed by atoms with Crippen LogP contribution in [0.2, 0.25) is 0 Å². The number of carbonyl (C=O) groups excluding carboxylic acids is 1. The van der Waals surface area contributed by atoms with Crippen LogP contribution in [0.3, 0.4) is 0 Å². The Morgan fingerprint density at radius 1 is 0.974 bits per heavy atom. The summed E-state index contributed by atoms with van der Waals surface area (Å²) >= 11 is 0. The van der Waals surface area contributed by atoms with Gasteiger partial charge in [0.05, 0.1) is 49.8 Å². The molecule has 0 aliphatic carbocycles. The van der Waals surface area contributed by atoms with E-state index in [9.17, 15) is 4.79 Å². The zero-order valence-electron chi connectivity index (χ0n) is 22.2. The Hall–Kier alpha value is -4.02. The van der Waals surface area contributed by atoms with E-state index in [1.165, 1.54) is 33.0 Å². The molecule has 4 heterocycles. The van der Waals surface area contributed by atoms with Gasteiger partial charge in [-0.05, 0) is 56.3 Å². The number of anilines is 3. The van der Waals surface area contributed by atoms with Crippen molar-refractivity contribution in [1.82, 2.24) is 24.6 Å². The van der Waals surface area contributed by atoms with Gasteiger partial charge in [0.15, 0.2) is 0 Å². The normalized spacial score (nSPS) is 16.1. The van der Waals surface area contributed by atoms with Crippen LogP contribution < -0.4 is 10.2 Å². The number of fused-ring (bicyclic) bond motifs is 1. The molecule has 0 spiro atoms. The lowest BCUT2D eigenvalue weighted by molar-refractivity contribution is 0.0600. The van der Waals surface area contributed by atoms with Gasteiger partial charge >= 0.3 is 5.97 Å². The summed E-state index contributed by atoms with van der Waals surface area (Å²) in [5.41, 5.74) is 4.25. The fourth-order valence-electron chi connectivity index (χ4n) is 5.16. The quantitative estimate of drug-likeness (QED) is 0.342. The summed E-state index contributed by atoms with van der Waals surface area (Å²) in [5.74, 6) is 0.970. The molecule has 2 saturated heterocycles. The highest BCUT2D eigenvalue weighted by Crippen LogP contribution is 2.28. The molecular formula is C29H33N7O3. The summed E-state index contributed by atoms with van der Waals surface area (Å²) in [6.07, 6.45) is 4.51. The zero-order chi connectivity index (χ0) is 26.6. The molecule has 2 fully saturated rings. The molecule has 10 nitrogen and oxygen atoms in total. The van der Waals surface area contributed by atoms with Gasteiger partial charge in [0.2, 0.25) is 5.95 Å². The Labute approximate surface area is 227 Å². The van der Waals surface area contributed by atoms with Crippen molar-refractivity contribution in [2.45, 2.75) is 19.4 Å². The Balaban J connectivity index is 1.31. The van der Waals surface area contributed by atoms with Crippen LogP contribution >= 0.6 is 0 Å². The number of esters is 1. The van der Waals surface area contributed by atoms with Crippen molar-refractivity contribution in [1.29, 1.82) is 0 Å². The lowest BCUT2D eigenvalue weighted by Gasteiger charge is -2.27. The van der Waals surface area contributed by atoms with Crippen LogP contribution in [0.25, 0.3) is 22.2 Å². The maximum Gasteiger partial charge on any atom is 0.337 e. The predicted octanol–water partition coefficient (Wildman–Crippen LogP) is 3.96. The van der Waals surface area contributed by atoms with Crippen LogP contribution in [0.5, 0.6) is 0 Å². The second kappa shape index (κ2) is 11.4. The van der Waals surface area contributed by atoms with Crippen molar-refractivity contribution in [3.05, 3.63) is 60.3 Å². The average Bonchev–Trinajstić information content (AvgIpc) is 3.66. The summed E-state index contributed by atoms with van der Waals surface area (Å²) in [6, 6.07) is 15.5. The van der Waals surface area contributed by atoms with E-state index in [0.29, 0.717) is 30.5 Å². The average molecular weight is 528 g/mol. The number of aromatic nitrogens is 4. The molecule has 0 radical (unpaired) electrons. The van der Waals surface area contributed by atoms with E-state index in [0.717, 1.165) is 54.0 Å². The number of likely N-dealkylation sites (tertiary alicyclic amines) is 1. The molecule has 0 unspecified atom stereocenters. The Morgan fingerprint density at radius 3 is 2.54 bits per heavy atom. The standard InChI is InChI=1S/C29H33N7O3/c1-38-28(37)21-6-8-24(9-7-21)31-27-19-25(32-29(33-27)35-14-16-39-17-15-35)22-4-5-23-20-30-36(26(23)18-22)13-12-34-10-2-3-11-34/h4-9,18-20H,2-3,10-17H2,1H3,(H,31,32,33). The van der Waals surface area contributed by atoms with Crippen LogP contribution in [0.15, 0.2) is 54.7 Å². The van der Waals surface area contributed by atoms with Gasteiger partial charge in [-0.3, -0.25) is 4.68 Å². The Morgan fingerprint density at radius 2 is 1.77 bits per heavy atom. The third kappa shape index (κ3) is 5.71. The Bertz CT molecular complexity index is 1440. The van der Waals surface area contributed by atoms with E-state index < -0.39 is 0 Å². The first kappa shape index (κ1) is 25.3. The van der Waals surface area contributed by atoms with Crippen molar-refractivity contribution >= 4 is 34.3 Å². The van der Waals surface area contributed by atoms with Crippen LogP contribution in [-0.2, 0) is 16.0 Å². The first-order chi connectivity index (χ1) is 19.2. The molecule has 2 aliphatic rings. The second-order valence-electron chi connectivity index (χ2n) is 9.92. The number of hydrogen-bond acceptors (Lipinski definition) is 9. The van der Waals surface area contributed by atoms with Crippen LogP contribution in [0, 0.1) is 0 Å². The first-order valence-electron chi connectivity index (χ1n) is 13.5. The monoisotopic (exact) mass is 527 g/mol. The number of nitrogens with one attached hydrogen (secondary N) is 1. The number of morpholine rings is 1. The number of benzene rings is 2. The fourth-order valence-corrected chi connectivity index (χ4v) is 5.16. The maximum atomic E-state index is 11.8. The van der Waals surface area contributed by atoms with Crippen molar-refractivity contribution < 1.29 is 14.3 Å². The topological polar surface area (TPSA) is 97.6 Å². The molecule has 0 amide bonds. The molecule has 4 aromatic rings. The van der Waals surface area contributed by atoms with Gasteiger partial charge in [0, 0.05) is 42.3 Å². The number of carbonyl (C=O) groups is 1. The second-order valence-corrected chi connectivity index (χ2v) is 9.92. The molecule has 1 N–H and O–H groups in total. The molecule has 0 saturated carbocycles. The van der Waals surface area contributed by atoms with Crippen molar-refractivity contribution in [2.24, 2.45) is 0 Å². The molecule has 6 rings (SSSR count). The summed E-state index contributed by atoms with van der Waals surface area (Å²) < 4.78 is 12.5. The number of ether oxygens (including phenoxy) is 2. The molecule has 2 aliphatic heterocycles. The lowest BCUT2D eigenvalue weighted by atomic mass is 10.1. The smallest absolute Gasteiger partial charge is 0.337 e. The fraction of sp³-hybridized carbons (Fsp3) is 0.379. The van der Waals surface area contributed by atoms with E-state index in [1.807, 2.05) is 24.4 Å². The zero-order valence-corrected chi connectivity index (χ0v) is 22.2. The van der Waals surface area contributed by atoms with E-state index in [1.54, 1.807) is 12.1 Å². The van der Waals surface area contributed by atoms with Crippen LogP contribution in [-0.4, -0.2) is 83.7 Å². The lowest BCUT2D eigenvalue weighted by Crippen LogP contribution is -2.37. The van der Waals surface area contributed by atoms with Gasteiger partial charge in [-0.25, -0.2) is 9.78 Å². The van der Waals surface area contributed by atoms with Gasteiger partial charge in [-0.2, -0.15) is 10.1 Å². The highest BCUT2D eigenvalue weighted by molar-refractivity contribution is 5.90. The SMILES string of the molecule is COC(=O)c1ccc(Nc2cc(-c3ccc4cnn(CCN5CCCC5)c4c3)nc(N3CCOCC3)n2)cc1. The minimum atomic E-state index is -0.365. The largest absolute Gasteiger partial charge is 0.465 e. The first-order valence-corrected chi connectivity index (χ1v) is 13.5. The predicted molar refractivity (Wildman–Crippen MR) is 151 cm³/mol. The summed E-state index contributed by atoms with van der Waals surface area (Å²) in [6.45, 7) is 7.00. The van der Waals surface area contributed by atoms with Gasteiger partial charge in [0.25, 0.3) is 0 Å². The maximum absolute atomic E-state index is 11.8. The van der Waals surface area contributed by atoms with Crippen LogP contribution in [0.1, 0.15) is 23.2 Å². The number of nitrogens with zero attached hydrogens (tertiary/aromatic N) is 6. The highest BCUT2D eigenvalue weighted by atomic mass is 16.5. The van der Waals surface area contributed by atoms with Crippen LogP contribution in [0.4, 0.5) is 17.5 Å². The van der Waals surface area contributed by atoms with Crippen molar-refractivity contribution in [3.63, 3.8) is 0 Å². The van der Waals surface area contributed by atoms with Gasteiger partial charge in [-0.15, -0.1) is 0 Å². The minimum Gasteiger partial charge on any atom is -0.465 e. The Kier molecular flexibility index (Phi) is 7.38. The summed E-state index contributed by atoms with van der Waals surface area (Å²) in [5, 5.41) is 9.18. The number of rotatable bonds is 8. The number of hydrogen-bond donors (Lipinski definition) is 1. The van der Waals surface area contributed by atoms with E-state index >= 15 is 0 Å². The third-order valence-corrected chi connectivity index (χ3v) is 7.35. The molecule has 0 atom stereocenters. The summed E-state index contributed by atoms with van der Waals surface area (Å²) in [4.78, 5) is 26.3. The molecule has 202 valence electrons. The molecule has 0 bridgehead atoms. The molecule has 10 heteroatoms. The molecular weight excluding hydrogens is 494 g/mol. The molecule has 2 aromatic carbocycles.